The van der Waals surface area contributed by atoms with E-state index >= 15 is 0 Å². The number of benzene rings is 1. The van der Waals surface area contributed by atoms with Crippen LogP contribution >= 0.6 is 0 Å². The van der Waals surface area contributed by atoms with Gasteiger partial charge in [0.15, 0.2) is 0 Å². The van der Waals surface area contributed by atoms with Crippen LogP contribution in [0.15, 0.2) is 41.5 Å². The third kappa shape index (κ3) is 4.83. The number of aromatic nitrogens is 1. The number of anilines is 1. The van der Waals surface area contributed by atoms with E-state index in [1.807, 2.05) is 18.2 Å². The Labute approximate surface area is 136 Å². The Morgan fingerprint density at radius 1 is 1.09 bits per heavy atom. The van der Waals surface area contributed by atoms with Gasteiger partial charge >= 0.3 is 17.1 Å². The molecule has 1 N–H and O–H groups in total. The fourth-order valence-electron chi connectivity index (χ4n) is 1.68. The second-order valence-electron chi connectivity index (χ2n) is 4.22. The van der Waals surface area contributed by atoms with E-state index in [1.54, 1.807) is 18.2 Å². The Morgan fingerprint density at radius 3 is 2.50 bits per heavy atom. The molecule has 0 bridgehead atoms. The predicted octanol–water partition coefficient (Wildman–Crippen LogP) is -0.720. The standard InChI is InChI=1S/C14H13N3O4.Fe/c18-13(19)8-6-11(14(20)21)16-17-12-7-5-9-3-1-2-4-10(9)15-12;/h1-5,7H,6,8H2,(H,15,17)(H,18,19)(H,20,21);/q;+2/p-2/b16-11-;. The first-order valence-corrected chi connectivity index (χ1v) is 6.16. The summed E-state index contributed by atoms with van der Waals surface area (Å²) in [6.45, 7) is 0. The normalized spacial score (nSPS) is 10.8. The number of nitrogens with one attached hydrogen (secondary N) is 1. The molecule has 0 saturated carbocycles. The zero-order valence-electron chi connectivity index (χ0n) is 11.3. The van der Waals surface area contributed by atoms with E-state index in [-0.39, 0.29) is 23.5 Å². The molecular formula is C14H11FeN3O4. The molecule has 114 valence electrons. The van der Waals surface area contributed by atoms with Crippen molar-refractivity contribution in [1.29, 1.82) is 0 Å². The molecule has 0 atom stereocenters. The van der Waals surface area contributed by atoms with Crippen molar-refractivity contribution in [3.8, 4) is 0 Å². The van der Waals surface area contributed by atoms with Gasteiger partial charge in [-0.05, 0) is 31.0 Å². The Morgan fingerprint density at radius 2 is 1.82 bits per heavy atom. The maximum atomic E-state index is 10.8. The van der Waals surface area contributed by atoms with Gasteiger partial charge in [-0.1, -0.05) is 18.2 Å². The Bertz CT molecular complexity index is 718. The first-order chi connectivity index (χ1) is 10.1. The number of carboxylic acid groups (broad SMARTS) is 2. The fourth-order valence-corrected chi connectivity index (χ4v) is 1.68. The maximum absolute atomic E-state index is 10.8. The topological polar surface area (TPSA) is 118 Å². The van der Waals surface area contributed by atoms with Crippen LogP contribution in [0.1, 0.15) is 12.8 Å². The van der Waals surface area contributed by atoms with Crippen molar-refractivity contribution in [3.05, 3.63) is 36.4 Å². The third-order valence-corrected chi connectivity index (χ3v) is 2.71. The molecule has 8 heteroatoms. The summed E-state index contributed by atoms with van der Waals surface area (Å²) in [5.41, 5.74) is 2.80. The molecule has 0 amide bonds. The number of carbonyl (C=O) groups excluding carboxylic acids is 2. The Hall–Kier alpha value is -2.44. The number of aliphatic carboxylic acids is 2. The van der Waals surface area contributed by atoms with Crippen LogP contribution in [-0.4, -0.2) is 22.6 Å². The van der Waals surface area contributed by atoms with E-state index in [0.717, 1.165) is 10.9 Å². The Balaban J connectivity index is 0.00000242. The number of fused-ring (bicyclic) bond motifs is 1. The molecule has 0 fully saturated rings. The minimum Gasteiger partial charge on any atom is -0.550 e. The maximum Gasteiger partial charge on any atom is 2.00 e. The minimum absolute atomic E-state index is 0. The van der Waals surface area contributed by atoms with Gasteiger partial charge in [0.2, 0.25) is 0 Å². The van der Waals surface area contributed by atoms with E-state index in [4.69, 9.17) is 0 Å². The third-order valence-electron chi connectivity index (χ3n) is 2.71. The van der Waals surface area contributed by atoms with Crippen LogP contribution in [-0.2, 0) is 26.7 Å². The number of para-hydroxylation sites is 1. The number of hydrazone groups is 1. The number of hydrogen-bond acceptors (Lipinski definition) is 7. The molecule has 2 aromatic rings. The van der Waals surface area contributed by atoms with E-state index in [1.165, 1.54) is 0 Å². The molecule has 0 unspecified atom stereocenters. The van der Waals surface area contributed by atoms with Gasteiger partial charge in [0, 0.05) is 11.4 Å². The van der Waals surface area contributed by atoms with E-state index in [2.05, 4.69) is 15.5 Å². The van der Waals surface area contributed by atoms with Crippen molar-refractivity contribution in [1.82, 2.24) is 4.98 Å². The van der Waals surface area contributed by atoms with Gasteiger partial charge in [-0.2, -0.15) is 5.10 Å². The summed E-state index contributed by atoms with van der Waals surface area (Å²) in [5.74, 6) is -2.54. The average Bonchev–Trinajstić information content (AvgIpc) is 2.46. The average molecular weight is 341 g/mol. The second kappa shape index (κ2) is 8.11. The zero-order valence-corrected chi connectivity index (χ0v) is 12.4. The van der Waals surface area contributed by atoms with Gasteiger partial charge in [-0.15, -0.1) is 0 Å². The number of carboxylic acids is 2. The molecule has 1 aromatic heterocycles. The van der Waals surface area contributed by atoms with Crippen molar-refractivity contribution >= 4 is 34.4 Å². The van der Waals surface area contributed by atoms with Crippen LogP contribution in [0.5, 0.6) is 0 Å². The van der Waals surface area contributed by atoms with Crippen LogP contribution < -0.4 is 15.6 Å². The van der Waals surface area contributed by atoms with Gasteiger partial charge in [-0.25, -0.2) is 4.98 Å². The zero-order chi connectivity index (χ0) is 15.2. The van der Waals surface area contributed by atoms with E-state index in [0.29, 0.717) is 5.82 Å². The first-order valence-electron chi connectivity index (χ1n) is 6.16. The van der Waals surface area contributed by atoms with Gasteiger partial charge < -0.3 is 19.8 Å². The van der Waals surface area contributed by atoms with Crippen molar-refractivity contribution in [2.24, 2.45) is 5.10 Å². The van der Waals surface area contributed by atoms with Crippen LogP contribution in [0.2, 0.25) is 0 Å². The summed E-state index contributed by atoms with van der Waals surface area (Å²) in [6, 6.07) is 10.8. The molecule has 0 spiro atoms. The predicted molar refractivity (Wildman–Crippen MR) is 72.0 cm³/mol. The molecule has 22 heavy (non-hydrogen) atoms. The van der Waals surface area contributed by atoms with Crippen LogP contribution in [0.25, 0.3) is 10.9 Å². The number of hydrogen-bond donors (Lipinski definition) is 1. The Kier molecular flexibility index (Phi) is 6.49. The summed E-state index contributed by atoms with van der Waals surface area (Å²) in [5, 5.41) is 25.7. The summed E-state index contributed by atoms with van der Waals surface area (Å²) >= 11 is 0. The molecule has 0 aliphatic carbocycles. The number of rotatable bonds is 6. The molecule has 1 heterocycles. The second-order valence-corrected chi connectivity index (χ2v) is 4.22. The summed E-state index contributed by atoms with van der Waals surface area (Å²) in [7, 11) is 0. The molecule has 7 nitrogen and oxygen atoms in total. The van der Waals surface area contributed by atoms with Crippen LogP contribution in [0.3, 0.4) is 0 Å². The molecule has 0 saturated heterocycles. The minimum atomic E-state index is -1.54. The van der Waals surface area contributed by atoms with Crippen LogP contribution in [0, 0.1) is 0 Å². The number of pyridine rings is 1. The van der Waals surface area contributed by atoms with Crippen molar-refractivity contribution in [2.75, 3.05) is 5.43 Å². The van der Waals surface area contributed by atoms with E-state index < -0.39 is 24.1 Å². The van der Waals surface area contributed by atoms with Crippen molar-refractivity contribution < 1.29 is 36.9 Å². The largest absolute Gasteiger partial charge is 2.00 e. The monoisotopic (exact) mass is 341 g/mol. The first kappa shape index (κ1) is 17.6. The summed E-state index contributed by atoms with van der Waals surface area (Å²) in [4.78, 5) is 25.4. The smallest absolute Gasteiger partial charge is 0.550 e. The molecule has 0 aliphatic rings. The fraction of sp³-hybridized carbons (Fsp3) is 0.143. The van der Waals surface area contributed by atoms with Gasteiger partial charge in [0.05, 0.1) is 17.2 Å². The SMILES string of the molecule is O=C([O-])CC/C(=N/Nc1ccc2ccccc2n1)C(=O)[O-].[Fe+2]. The van der Waals surface area contributed by atoms with Crippen LogP contribution in [0.4, 0.5) is 5.82 Å². The summed E-state index contributed by atoms with van der Waals surface area (Å²) < 4.78 is 0. The van der Waals surface area contributed by atoms with Crippen molar-refractivity contribution in [2.45, 2.75) is 12.8 Å². The van der Waals surface area contributed by atoms with Gasteiger partial charge in [0.25, 0.3) is 0 Å². The van der Waals surface area contributed by atoms with E-state index in [9.17, 15) is 19.8 Å². The van der Waals surface area contributed by atoms with Crippen molar-refractivity contribution in [3.63, 3.8) is 0 Å². The number of carbonyl (C=O) groups is 2. The quantitative estimate of drug-likeness (QED) is 0.421. The van der Waals surface area contributed by atoms with Gasteiger partial charge in [0.1, 0.15) is 5.82 Å². The van der Waals surface area contributed by atoms with Gasteiger partial charge in [-0.3, -0.25) is 5.43 Å². The molecule has 1 aromatic carbocycles. The molecule has 2 rings (SSSR count). The molecule has 0 aliphatic heterocycles. The number of nitrogens with zero attached hydrogens (tertiary/aromatic N) is 2. The molecular weight excluding hydrogens is 330 g/mol. The summed E-state index contributed by atoms with van der Waals surface area (Å²) in [6.07, 6.45) is -0.731. The molecule has 0 radical (unpaired) electrons.